The molecule has 8 nitrogen and oxygen atoms in total. The molecule has 1 heterocycles. The summed E-state index contributed by atoms with van der Waals surface area (Å²) in [4.78, 5) is 14.9. The van der Waals surface area contributed by atoms with Crippen molar-refractivity contribution >= 4 is 15.9 Å². The molecule has 0 radical (unpaired) electrons. The average molecular weight is 448 g/mol. The van der Waals surface area contributed by atoms with Crippen LogP contribution < -0.4 is 10.0 Å². The fraction of sp³-hybridized carbons (Fsp3) is 0.409. The van der Waals surface area contributed by atoms with Crippen molar-refractivity contribution in [1.29, 1.82) is 0 Å². The molecule has 1 amide bonds. The maximum absolute atomic E-state index is 12.5. The van der Waals surface area contributed by atoms with Gasteiger partial charge in [-0.1, -0.05) is 30.3 Å². The Hall–Kier alpha value is -2.30. The van der Waals surface area contributed by atoms with Crippen LogP contribution in [0.3, 0.4) is 0 Å². The zero-order valence-electron chi connectivity index (χ0n) is 17.6. The number of hydrogen-bond donors (Lipinski definition) is 2. The summed E-state index contributed by atoms with van der Waals surface area (Å²) in [5, 5.41) is 2.88. The summed E-state index contributed by atoms with van der Waals surface area (Å²) in [5.74, 6) is -0.264. The van der Waals surface area contributed by atoms with E-state index in [0.717, 1.165) is 19.6 Å². The van der Waals surface area contributed by atoms with E-state index in [4.69, 9.17) is 9.47 Å². The Morgan fingerprint density at radius 1 is 1.16 bits per heavy atom. The third kappa shape index (κ3) is 7.12. The fourth-order valence-electron chi connectivity index (χ4n) is 3.34. The van der Waals surface area contributed by atoms with Crippen molar-refractivity contribution in [3.05, 3.63) is 65.7 Å². The van der Waals surface area contributed by atoms with Crippen LogP contribution in [-0.2, 0) is 26.0 Å². The molecular weight excluding hydrogens is 418 g/mol. The Labute approximate surface area is 183 Å². The number of hydrogen-bond acceptors (Lipinski definition) is 6. The molecule has 31 heavy (non-hydrogen) atoms. The molecule has 0 spiro atoms. The van der Waals surface area contributed by atoms with Gasteiger partial charge < -0.3 is 14.8 Å². The van der Waals surface area contributed by atoms with Gasteiger partial charge >= 0.3 is 0 Å². The van der Waals surface area contributed by atoms with Gasteiger partial charge in [0.15, 0.2) is 0 Å². The normalized spacial score (nSPS) is 17.4. The highest BCUT2D eigenvalue weighted by atomic mass is 32.2. The van der Waals surface area contributed by atoms with Gasteiger partial charge in [0, 0.05) is 45.4 Å². The van der Waals surface area contributed by atoms with Crippen LogP contribution in [0.25, 0.3) is 0 Å². The summed E-state index contributed by atoms with van der Waals surface area (Å²) in [5.41, 5.74) is 1.65. The highest BCUT2D eigenvalue weighted by Gasteiger charge is 2.21. The molecule has 1 fully saturated rings. The molecule has 1 atom stereocenters. The van der Waals surface area contributed by atoms with Crippen molar-refractivity contribution in [2.75, 3.05) is 46.5 Å². The Bertz CT molecular complexity index is 935. The second-order valence-electron chi connectivity index (χ2n) is 7.34. The largest absolute Gasteiger partial charge is 0.383 e. The van der Waals surface area contributed by atoms with Gasteiger partial charge in [0.05, 0.1) is 24.2 Å². The van der Waals surface area contributed by atoms with E-state index >= 15 is 0 Å². The molecule has 3 rings (SSSR count). The number of methoxy groups -OCH3 is 1. The number of nitrogens with zero attached hydrogens (tertiary/aromatic N) is 1. The standard InChI is InChI=1S/C22H29N3O5S/c1-29-13-11-24-31(27,28)21-9-7-19(8-10-21)22(26)23-15-20-17-25(12-14-30-20)16-18-5-3-2-4-6-18/h2-10,20,24H,11-17H2,1H3,(H,23,26)/t20-/m1/s1. The van der Waals surface area contributed by atoms with Crippen LogP contribution >= 0.6 is 0 Å². The first-order valence-electron chi connectivity index (χ1n) is 10.2. The first-order valence-corrected chi connectivity index (χ1v) is 11.7. The molecule has 2 aromatic rings. The SMILES string of the molecule is COCCNS(=O)(=O)c1ccc(C(=O)NC[C@@H]2CN(Cc3ccccc3)CCO2)cc1. The van der Waals surface area contributed by atoms with E-state index in [1.807, 2.05) is 18.2 Å². The molecule has 1 aliphatic rings. The van der Waals surface area contributed by atoms with Gasteiger partial charge in [0.1, 0.15) is 0 Å². The number of carbonyl (C=O) groups excluding carboxylic acids is 1. The zero-order chi connectivity index (χ0) is 22.1. The van der Waals surface area contributed by atoms with E-state index < -0.39 is 10.0 Å². The number of rotatable bonds is 10. The molecule has 1 saturated heterocycles. The van der Waals surface area contributed by atoms with Crippen molar-refractivity contribution in [1.82, 2.24) is 14.9 Å². The van der Waals surface area contributed by atoms with Crippen molar-refractivity contribution < 1.29 is 22.7 Å². The van der Waals surface area contributed by atoms with Crippen LogP contribution in [0.15, 0.2) is 59.5 Å². The van der Waals surface area contributed by atoms with Crippen LogP contribution in [0.2, 0.25) is 0 Å². The van der Waals surface area contributed by atoms with E-state index in [-0.39, 0.29) is 30.1 Å². The molecule has 2 N–H and O–H groups in total. The van der Waals surface area contributed by atoms with E-state index in [0.29, 0.717) is 18.7 Å². The highest BCUT2D eigenvalue weighted by Crippen LogP contribution is 2.12. The lowest BCUT2D eigenvalue weighted by molar-refractivity contribution is -0.0292. The number of morpholine rings is 1. The smallest absolute Gasteiger partial charge is 0.251 e. The number of amides is 1. The van der Waals surface area contributed by atoms with Gasteiger partial charge in [-0.2, -0.15) is 0 Å². The summed E-state index contributed by atoms with van der Waals surface area (Å²) in [6, 6.07) is 16.1. The van der Waals surface area contributed by atoms with Crippen LogP contribution in [0, 0.1) is 0 Å². The van der Waals surface area contributed by atoms with Crippen molar-refractivity contribution in [3.8, 4) is 0 Å². The number of ether oxygens (including phenoxy) is 2. The molecule has 9 heteroatoms. The average Bonchev–Trinajstić information content (AvgIpc) is 2.78. The van der Waals surface area contributed by atoms with Gasteiger partial charge in [-0.05, 0) is 29.8 Å². The summed E-state index contributed by atoms with van der Waals surface area (Å²) >= 11 is 0. The Kier molecular flexibility index (Phi) is 8.56. The number of sulfonamides is 1. The van der Waals surface area contributed by atoms with Crippen LogP contribution in [0.1, 0.15) is 15.9 Å². The summed E-state index contributed by atoms with van der Waals surface area (Å²) in [6.07, 6.45) is -0.0916. The van der Waals surface area contributed by atoms with Gasteiger partial charge in [0.2, 0.25) is 10.0 Å². The molecule has 2 aromatic carbocycles. The minimum Gasteiger partial charge on any atom is -0.383 e. The third-order valence-corrected chi connectivity index (χ3v) is 6.46. The van der Waals surface area contributed by atoms with Crippen LogP contribution in [0.5, 0.6) is 0 Å². The number of benzene rings is 2. The summed E-state index contributed by atoms with van der Waals surface area (Å²) in [7, 11) is -2.12. The summed E-state index contributed by atoms with van der Waals surface area (Å²) in [6.45, 7) is 3.92. The maximum Gasteiger partial charge on any atom is 0.251 e. The van der Waals surface area contributed by atoms with Crippen molar-refractivity contribution in [3.63, 3.8) is 0 Å². The zero-order valence-corrected chi connectivity index (χ0v) is 18.4. The molecule has 0 aliphatic carbocycles. The van der Waals surface area contributed by atoms with Crippen molar-refractivity contribution in [2.45, 2.75) is 17.5 Å². The molecule has 0 bridgehead atoms. The summed E-state index contributed by atoms with van der Waals surface area (Å²) < 4.78 is 37.5. The first-order chi connectivity index (χ1) is 15.0. The Morgan fingerprint density at radius 2 is 1.90 bits per heavy atom. The van der Waals surface area contributed by atoms with Gasteiger partial charge in [-0.15, -0.1) is 0 Å². The van der Waals surface area contributed by atoms with Gasteiger partial charge in [-0.3, -0.25) is 9.69 Å². The second-order valence-corrected chi connectivity index (χ2v) is 9.11. The minimum absolute atomic E-state index is 0.0916. The third-order valence-electron chi connectivity index (χ3n) is 4.99. The lowest BCUT2D eigenvalue weighted by atomic mass is 10.2. The molecule has 0 saturated carbocycles. The van der Waals surface area contributed by atoms with E-state index in [9.17, 15) is 13.2 Å². The molecule has 0 aromatic heterocycles. The van der Waals surface area contributed by atoms with E-state index in [1.165, 1.54) is 36.9 Å². The Morgan fingerprint density at radius 3 is 2.61 bits per heavy atom. The van der Waals surface area contributed by atoms with Crippen molar-refractivity contribution in [2.24, 2.45) is 0 Å². The molecule has 168 valence electrons. The lowest BCUT2D eigenvalue weighted by Gasteiger charge is -2.33. The van der Waals surface area contributed by atoms with Crippen LogP contribution in [0.4, 0.5) is 0 Å². The quantitative estimate of drug-likeness (QED) is 0.532. The predicted octanol–water partition coefficient (Wildman–Crippen LogP) is 1.24. The number of nitrogens with one attached hydrogen (secondary N) is 2. The van der Waals surface area contributed by atoms with E-state index in [2.05, 4.69) is 27.1 Å². The molecule has 1 aliphatic heterocycles. The number of carbonyl (C=O) groups is 1. The molecular formula is C22H29N3O5S. The Balaban J connectivity index is 1.49. The fourth-order valence-corrected chi connectivity index (χ4v) is 4.36. The monoisotopic (exact) mass is 447 g/mol. The highest BCUT2D eigenvalue weighted by molar-refractivity contribution is 7.89. The predicted molar refractivity (Wildman–Crippen MR) is 117 cm³/mol. The first kappa shape index (κ1) is 23.4. The van der Waals surface area contributed by atoms with Gasteiger partial charge in [-0.25, -0.2) is 13.1 Å². The maximum atomic E-state index is 12.5. The molecule has 0 unspecified atom stereocenters. The second kappa shape index (κ2) is 11.4. The van der Waals surface area contributed by atoms with Gasteiger partial charge in [0.25, 0.3) is 5.91 Å². The lowest BCUT2D eigenvalue weighted by Crippen LogP contribution is -2.47. The topological polar surface area (TPSA) is 97.0 Å². The minimum atomic E-state index is -3.62. The van der Waals surface area contributed by atoms with E-state index in [1.54, 1.807) is 0 Å². The van der Waals surface area contributed by atoms with Crippen LogP contribution in [-0.4, -0.2) is 71.8 Å².